The SMILES string of the molecule is CNc1nnc(C2CNc3ccccc3O2)n1C. The van der Waals surface area contributed by atoms with Gasteiger partial charge < -0.3 is 15.4 Å². The van der Waals surface area contributed by atoms with Crippen molar-refractivity contribution in [3.05, 3.63) is 30.1 Å². The predicted molar refractivity (Wildman–Crippen MR) is 68.9 cm³/mol. The van der Waals surface area contributed by atoms with E-state index < -0.39 is 0 Å². The van der Waals surface area contributed by atoms with Crippen LogP contribution in [0, 0.1) is 0 Å². The predicted octanol–water partition coefficient (Wildman–Crippen LogP) is 1.40. The highest BCUT2D eigenvalue weighted by Crippen LogP contribution is 2.33. The lowest BCUT2D eigenvalue weighted by molar-refractivity contribution is 0.196. The van der Waals surface area contributed by atoms with Gasteiger partial charge in [0.1, 0.15) is 5.75 Å². The molecule has 6 heteroatoms. The van der Waals surface area contributed by atoms with Crippen LogP contribution in [-0.2, 0) is 7.05 Å². The third kappa shape index (κ3) is 1.66. The van der Waals surface area contributed by atoms with Gasteiger partial charge in [0, 0.05) is 14.1 Å². The Bertz CT molecular complexity index is 565. The number of hydrogen-bond acceptors (Lipinski definition) is 5. The summed E-state index contributed by atoms with van der Waals surface area (Å²) in [5.41, 5.74) is 1.02. The summed E-state index contributed by atoms with van der Waals surface area (Å²) in [4.78, 5) is 0. The molecule has 2 aromatic rings. The monoisotopic (exact) mass is 245 g/mol. The number of anilines is 2. The first-order valence-corrected chi connectivity index (χ1v) is 5.86. The number of ether oxygens (including phenoxy) is 1. The molecular weight excluding hydrogens is 230 g/mol. The first kappa shape index (κ1) is 10.9. The molecule has 1 aliphatic rings. The van der Waals surface area contributed by atoms with Crippen molar-refractivity contribution in [2.75, 3.05) is 24.2 Å². The number of aromatic nitrogens is 3. The normalized spacial score (nSPS) is 17.6. The Morgan fingerprint density at radius 1 is 1.39 bits per heavy atom. The molecule has 0 radical (unpaired) electrons. The van der Waals surface area contributed by atoms with Crippen molar-refractivity contribution in [1.82, 2.24) is 14.8 Å². The highest BCUT2D eigenvalue weighted by Gasteiger charge is 2.25. The highest BCUT2D eigenvalue weighted by molar-refractivity contribution is 5.57. The molecule has 0 fully saturated rings. The molecule has 0 spiro atoms. The van der Waals surface area contributed by atoms with Crippen LogP contribution in [0.3, 0.4) is 0 Å². The molecule has 2 heterocycles. The molecule has 0 amide bonds. The van der Waals surface area contributed by atoms with E-state index in [4.69, 9.17) is 4.74 Å². The summed E-state index contributed by atoms with van der Waals surface area (Å²) in [6.45, 7) is 0.687. The fraction of sp³-hybridized carbons (Fsp3) is 0.333. The van der Waals surface area contributed by atoms with Gasteiger partial charge in [0.15, 0.2) is 11.9 Å². The summed E-state index contributed by atoms with van der Waals surface area (Å²) < 4.78 is 7.85. The van der Waals surface area contributed by atoms with Crippen LogP contribution in [-0.4, -0.2) is 28.4 Å². The minimum Gasteiger partial charge on any atom is -0.478 e. The number of nitrogens with zero attached hydrogens (tertiary/aromatic N) is 3. The van der Waals surface area contributed by atoms with E-state index in [0.717, 1.165) is 23.2 Å². The topological polar surface area (TPSA) is 64.0 Å². The number of para-hydroxylation sites is 2. The Morgan fingerprint density at radius 3 is 3.00 bits per heavy atom. The largest absolute Gasteiger partial charge is 0.478 e. The van der Waals surface area contributed by atoms with Crippen LogP contribution in [0.2, 0.25) is 0 Å². The Morgan fingerprint density at radius 2 is 2.22 bits per heavy atom. The van der Waals surface area contributed by atoms with Crippen molar-refractivity contribution in [3.63, 3.8) is 0 Å². The second-order valence-corrected chi connectivity index (χ2v) is 4.17. The molecule has 6 nitrogen and oxygen atoms in total. The summed E-state index contributed by atoms with van der Waals surface area (Å²) in [5, 5.41) is 14.6. The molecule has 18 heavy (non-hydrogen) atoms. The van der Waals surface area contributed by atoms with E-state index >= 15 is 0 Å². The van der Waals surface area contributed by atoms with Gasteiger partial charge in [0.2, 0.25) is 5.95 Å². The van der Waals surface area contributed by atoms with E-state index in [1.54, 1.807) is 0 Å². The number of hydrogen-bond donors (Lipinski definition) is 2. The van der Waals surface area contributed by atoms with E-state index in [1.807, 2.05) is 42.9 Å². The third-order valence-electron chi connectivity index (χ3n) is 3.05. The molecule has 0 bridgehead atoms. The lowest BCUT2D eigenvalue weighted by Crippen LogP contribution is -2.26. The van der Waals surface area contributed by atoms with E-state index in [2.05, 4.69) is 20.8 Å². The maximum Gasteiger partial charge on any atom is 0.224 e. The summed E-state index contributed by atoms with van der Waals surface area (Å²) in [5.74, 6) is 2.39. The van der Waals surface area contributed by atoms with E-state index in [1.165, 1.54) is 0 Å². The molecule has 0 saturated heterocycles. The maximum atomic E-state index is 5.94. The standard InChI is InChI=1S/C12H15N5O/c1-13-12-16-15-11(17(12)2)10-7-14-8-5-3-4-6-9(8)18-10/h3-6,10,14H,7H2,1-2H3,(H,13,16). The number of rotatable bonds is 2. The quantitative estimate of drug-likeness (QED) is 0.837. The van der Waals surface area contributed by atoms with Crippen LogP contribution in [0.4, 0.5) is 11.6 Å². The minimum absolute atomic E-state index is 0.125. The van der Waals surface area contributed by atoms with Gasteiger partial charge in [-0.3, -0.25) is 4.57 Å². The summed E-state index contributed by atoms with van der Waals surface area (Å²) >= 11 is 0. The fourth-order valence-corrected chi connectivity index (χ4v) is 2.10. The van der Waals surface area contributed by atoms with Crippen molar-refractivity contribution >= 4 is 11.6 Å². The molecule has 3 rings (SSSR count). The number of nitrogens with one attached hydrogen (secondary N) is 2. The molecule has 1 aliphatic heterocycles. The highest BCUT2D eigenvalue weighted by atomic mass is 16.5. The van der Waals surface area contributed by atoms with Gasteiger partial charge in [-0.2, -0.15) is 0 Å². The molecule has 0 saturated carbocycles. The van der Waals surface area contributed by atoms with Crippen molar-refractivity contribution in [2.45, 2.75) is 6.10 Å². The van der Waals surface area contributed by atoms with Crippen molar-refractivity contribution in [1.29, 1.82) is 0 Å². The molecule has 1 atom stereocenters. The molecule has 1 aromatic carbocycles. The Hall–Kier alpha value is -2.24. The van der Waals surface area contributed by atoms with Gasteiger partial charge in [-0.15, -0.1) is 10.2 Å². The van der Waals surface area contributed by atoms with E-state index in [0.29, 0.717) is 6.54 Å². The smallest absolute Gasteiger partial charge is 0.224 e. The van der Waals surface area contributed by atoms with Gasteiger partial charge >= 0.3 is 0 Å². The summed E-state index contributed by atoms with van der Waals surface area (Å²) in [6.07, 6.45) is -0.125. The van der Waals surface area contributed by atoms with Gasteiger partial charge in [-0.05, 0) is 12.1 Å². The van der Waals surface area contributed by atoms with Gasteiger partial charge in [-0.25, -0.2) is 0 Å². The Balaban J connectivity index is 1.89. The molecule has 1 unspecified atom stereocenters. The van der Waals surface area contributed by atoms with E-state index in [-0.39, 0.29) is 6.10 Å². The molecule has 0 aliphatic carbocycles. The zero-order valence-corrected chi connectivity index (χ0v) is 10.3. The third-order valence-corrected chi connectivity index (χ3v) is 3.05. The van der Waals surface area contributed by atoms with Crippen LogP contribution < -0.4 is 15.4 Å². The van der Waals surface area contributed by atoms with Crippen LogP contribution in [0.5, 0.6) is 5.75 Å². The molecule has 94 valence electrons. The second kappa shape index (κ2) is 4.21. The molecular formula is C12H15N5O. The van der Waals surface area contributed by atoms with Crippen molar-refractivity contribution in [3.8, 4) is 5.75 Å². The molecule has 2 N–H and O–H groups in total. The van der Waals surface area contributed by atoms with Crippen LogP contribution in [0.15, 0.2) is 24.3 Å². The Kier molecular flexibility index (Phi) is 2.55. The average molecular weight is 245 g/mol. The Labute approximate surface area is 105 Å². The lowest BCUT2D eigenvalue weighted by atomic mass is 10.2. The van der Waals surface area contributed by atoms with Crippen molar-refractivity contribution in [2.24, 2.45) is 7.05 Å². The van der Waals surface area contributed by atoms with Crippen LogP contribution >= 0.6 is 0 Å². The van der Waals surface area contributed by atoms with Crippen molar-refractivity contribution < 1.29 is 4.74 Å². The zero-order chi connectivity index (χ0) is 12.5. The first-order valence-electron chi connectivity index (χ1n) is 5.86. The summed E-state index contributed by atoms with van der Waals surface area (Å²) in [7, 11) is 3.74. The first-order chi connectivity index (χ1) is 8.79. The lowest BCUT2D eigenvalue weighted by Gasteiger charge is -2.26. The van der Waals surface area contributed by atoms with Gasteiger partial charge in [0.05, 0.1) is 12.2 Å². The van der Waals surface area contributed by atoms with Gasteiger partial charge in [-0.1, -0.05) is 12.1 Å². The number of benzene rings is 1. The van der Waals surface area contributed by atoms with Gasteiger partial charge in [0.25, 0.3) is 0 Å². The van der Waals surface area contributed by atoms with Crippen LogP contribution in [0.25, 0.3) is 0 Å². The average Bonchev–Trinajstić information content (AvgIpc) is 2.79. The molecule has 1 aromatic heterocycles. The van der Waals surface area contributed by atoms with Crippen LogP contribution in [0.1, 0.15) is 11.9 Å². The summed E-state index contributed by atoms with van der Waals surface area (Å²) in [6, 6.07) is 7.89. The zero-order valence-electron chi connectivity index (χ0n) is 10.3. The van der Waals surface area contributed by atoms with E-state index in [9.17, 15) is 0 Å². The fourth-order valence-electron chi connectivity index (χ4n) is 2.10. The maximum absolute atomic E-state index is 5.94. The second-order valence-electron chi connectivity index (χ2n) is 4.17. The number of fused-ring (bicyclic) bond motifs is 1. The minimum atomic E-state index is -0.125.